The summed E-state index contributed by atoms with van der Waals surface area (Å²) >= 11 is 0. The fourth-order valence-corrected chi connectivity index (χ4v) is 1.53. The molecule has 0 aliphatic heterocycles. The monoisotopic (exact) mass is 213 g/mol. The first-order valence-corrected chi connectivity index (χ1v) is 5.25. The maximum atomic E-state index is 4.48. The second kappa shape index (κ2) is 4.66. The van der Waals surface area contributed by atoms with Gasteiger partial charge in [-0.15, -0.1) is 0 Å². The molecule has 1 aromatic carbocycles. The lowest BCUT2D eigenvalue weighted by Crippen LogP contribution is -2.11. The van der Waals surface area contributed by atoms with Crippen molar-refractivity contribution >= 4 is 17.3 Å². The third-order valence-electron chi connectivity index (χ3n) is 2.48. The van der Waals surface area contributed by atoms with Crippen molar-refractivity contribution in [3.8, 4) is 0 Å². The molecule has 0 saturated heterocycles. The highest BCUT2D eigenvalue weighted by molar-refractivity contribution is 5.60. The maximum Gasteiger partial charge on any atom is 0.135 e. The van der Waals surface area contributed by atoms with Crippen molar-refractivity contribution in [2.75, 3.05) is 24.3 Å². The van der Waals surface area contributed by atoms with Crippen LogP contribution in [0.2, 0.25) is 0 Å². The fourth-order valence-electron chi connectivity index (χ4n) is 1.53. The lowest BCUT2D eigenvalue weighted by atomic mass is 10.3. The molecule has 1 aromatic heterocycles. The summed E-state index contributed by atoms with van der Waals surface area (Å²) in [5.74, 6) is 1.80. The predicted octanol–water partition coefficient (Wildman–Crippen LogP) is 2.89. The van der Waals surface area contributed by atoms with E-state index in [0.717, 1.165) is 17.3 Å². The first-order chi connectivity index (χ1) is 7.81. The Balaban J connectivity index is 2.30. The predicted molar refractivity (Wildman–Crippen MR) is 68.3 cm³/mol. The average molecular weight is 213 g/mol. The van der Waals surface area contributed by atoms with Crippen molar-refractivity contribution in [1.82, 2.24) is 4.98 Å². The number of pyridine rings is 1. The Morgan fingerprint density at radius 2 is 1.75 bits per heavy atom. The van der Waals surface area contributed by atoms with Crippen molar-refractivity contribution in [2.24, 2.45) is 0 Å². The van der Waals surface area contributed by atoms with E-state index < -0.39 is 0 Å². The number of hydrogen-bond acceptors (Lipinski definition) is 3. The smallest absolute Gasteiger partial charge is 0.135 e. The minimum absolute atomic E-state index is 0.875. The molecule has 0 bridgehead atoms. The number of nitrogens with zero attached hydrogens (tertiary/aromatic N) is 2. The molecule has 0 atom stereocenters. The van der Waals surface area contributed by atoms with Crippen molar-refractivity contribution in [2.45, 2.75) is 0 Å². The highest BCUT2D eigenvalue weighted by Crippen LogP contribution is 2.21. The molecule has 0 radical (unpaired) electrons. The first-order valence-electron chi connectivity index (χ1n) is 5.25. The van der Waals surface area contributed by atoms with Crippen LogP contribution in [0.15, 0.2) is 48.5 Å². The van der Waals surface area contributed by atoms with Gasteiger partial charge in [0.2, 0.25) is 0 Å². The molecule has 0 amide bonds. The van der Waals surface area contributed by atoms with Crippen LogP contribution >= 0.6 is 0 Å². The molecule has 0 aliphatic rings. The third-order valence-corrected chi connectivity index (χ3v) is 2.48. The SMILES string of the molecule is CNc1cccc(N(C)c2ccccc2)n1. The zero-order valence-corrected chi connectivity index (χ0v) is 9.51. The summed E-state index contributed by atoms with van der Waals surface area (Å²) in [6.45, 7) is 0. The van der Waals surface area contributed by atoms with Gasteiger partial charge in [0.05, 0.1) is 0 Å². The second-order valence-electron chi connectivity index (χ2n) is 3.53. The molecule has 0 aliphatic carbocycles. The number of hydrogen-bond donors (Lipinski definition) is 1. The molecule has 0 fully saturated rings. The number of aromatic nitrogens is 1. The van der Waals surface area contributed by atoms with Crippen LogP contribution in [0.5, 0.6) is 0 Å². The van der Waals surface area contributed by atoms with Gasteiger partial charge in [-0.3, -0.25) is 0 Å². The summed E-state index contributed by atoms with van der Waals surface area (Å²) in [6, 6.07) is 16.1. The molecule has 82 valence electrons. The van der Waals surface area contributed by atoms with Gasteiger partial charge in [-0.2, -0.15) is 0 Å². The molecular formula is C13H15N3. The second-order valence-corrected chi connectivity index (χ2v) is 3.53. The summed E-state index contributed by atoms with van der Waals surface area (Å²) in [5, 5.41) is 3.04. The maximum absolute atomic E-state index is 4.48. The van der Waals surface area contributed by atoms with E-state index in [9.17, 15) is 0 Å². The van der Waals surface area contributed by atoms with E-state index in [1.165, 1.54) is 0 Å². The molecule has 3 heteroatoms. The van der Waals surface area contributed by atoms with E-state index in [1.807, 2.05) is 50.5 Å². The summed E-state index contributed by atoms with van der Waals surface area (Å²) in [4.78, 5) is 6.54. The quantitative estimate of drug-likeness (QED) is 0.849. The number of nitrogens with one attached hydrogen (secondary N) is 1. The van der Waals surface area contributed by atoms with Gasteiger partial charge in [-0.25, -0.2) is 4.98 Å². The zero-order chi connectivity index (χ0) is 11.4. The summed E-state index contributed by atoms with van der Waals surface area (Å²) in [5.41, 5.74) is 1.13. The average Bonchev–Trinajstić information content (AvgIpc) is 2.39. The Morgan fingerprint density at radius 1 is 1.00 bits per heavy atom. The van der Waals surface area contributed by atoms with Gasteiger partial charge in [0.15, 0.2) is 0 Å². The fraction of sp³-hybridized carbons (Fsp3) is 0.154. The van der Waals surface area contributed by atoms with E-state index in [1.54, 1.807) is 0 Å². The molecule has 1 heterocycles. The molecule has 1 N–H and O–H groups in total. The van der Waals surface area contributed by atoms with Gasteiger partial charge in [-0.1, -0.05) is 24.3 Å². The van der Waals surface area contributed by atoms with Gasteiger partial charge in [-0.05, 0) is 24.3 Å². The van der Waals surface area contributed by atoms with Crippen LogP contribution in [0.3, 0.4) is 0 Å². The van der Waals surface area contributed by atoms with Gasteiger partial charge in [0, 0.05) is 19.8 Å². The van der Waals surface area contributed by atoms with Crippen molar-refractivity contribution in [1.29, 1.82) is 0 Å². The summed E-state index contributed by atoms with van der Waals surface area (Å²) in [6.07, 6.45) is 0. The molecule has 2 rings (SSSR count). The van der Waals surface area contributed by atoms with Crippen LogP contribution in [0, 0.1) is 0 Å². The molecule has 0 saturated carbocycles. The standard InChI is InChI=1S/C13H15N3/c1-14-12-9-6-10-13(15-12)16(2)11-7-4-3-5-8-11/h3-10H,1-2H3,(H,14,15). The van der Waals surface area contributed by atoms with Crippen LogP contribution < -0.4 is 10.2 Å². The van der Waals surface area contributed by atoms with Crippen molar-refractivity contribution < 1.29 is 0 Å². The van der Waals surface area contributed by atoms with Gasteiger partial charge >= 0.3 is 0 Å². The first kappa shape index (κ1) is 10.5. The minimum Gasteiger partial charge on any atom is -0.373 e. The molecule has 16 heavy (non-hydrogen) atoms. The highest BCUT2D eigenvalue weighted by atomic mass is 15.2. The number of rotatable bonds is 3. The number of benzene rings is 1. The Labute approximate surface area is 95.7 Å². The van der Waals surface area contributed by atoms with E-state index in [4.69, 9.17) is 0 Å². The molecular weight excluding hydrogens is 198 g/mol. The van der Waals surface area contributed by atoms with Crippen LogP contribution in [-0.2, 0) is 0 Å². The van der Waals surface area contributed by atoms with Gasteiger partial charge in [0.1, 0.15) is 11.6 Å². The Morgan fingerprint density at radius 3 is 2.44 bits per heavy atom. The molecule has 0 spiro atoms. The van der Waals surface area contributed by atoms with E-state index in [-0.39, 0.29) is 0 Å². The Hall–Kier alpha value is -2.03. The highest BCUT2D eigenvalue weighted by Gasteiger charge is 2.04. The summed E-state index contributed by atoms with van der Waals surface area (Å²) < 4.78 is 0. The lowest BCUT2D eigenvalue weighted by Gasteiger charge is -2.18. The van der Waals surface area contributed by atoms with Gasteiger partial charge in [0.25, 0.3) is 0 Å². The van der Waals surface area contributed by atoms with Crippen LogP contribution in [0.25, 0.3) is 0 Å². The Kier molecular flexibility index (Phi) is 3.05. The minimum atomic E-state index is 0.875. The molecule has 3 nitrogen and oxygen atoms in total. The third kappa shape index (κ3) is 2.14. The number of para-hydroxylation sites is 1. The van der Waals surface area contributed by atoms with Crippen LogP contribution in [0.4, 0.5) is 17.3 Å². The van der Waals surface area contributed by atoms with E-state index in [2.05, 4.69) is 27.3 Å². The normalized spacial score (nSPS) is 9.88. The van der Waals surface area contributed by atoms with E-state index in [0.29, 0.717) is 0 Å². The Bertz CT molecular complexity index is 454. The number of anilines is 3. The van der Waals surface area contributed by atoms with Crippen LogP contribution in [0.1, 0.15) is 0 Å². The molecule has 0 unspecified atom stereocenters. The molecule has 2 aromatic rings. The van der Waals surface area contributed by atoms with Crippen LogP contribution in [-0.4, -0.2) is 19.1 Å². The largest absolute Gasteiger partial charge is 0.373 e. The van der Waals surface area contributed by atoms with Crippen molar-refractivity contribution in [3.63, 3.8) is 0 Å². The topological polar surface area (TPSA) is 28.2 Å². The van der Waals surface area contributed by atoms with Crippen molar-refractivity contribution in [3.05, 3.63) is 48.5 Å². The zero-order valence-electron chi connectivity index (χ0n) is 9.51. The summed E-state index contributed by atoms with van der Waals surface area (Å²) in [7, 11) is 3.88. The lowest BCUT2D eigenvalue weighted by molar-refractivity contribution is 1.12. The van der Waals surface area contributed by atoms with E-state index >= 15 is 0 Å². The van der Waals surface area contributed by atoms with Gasteiger partial charge < -0.3 is 10.2 Å².